The lowest BCUT2D eigenvalue weighted by molar-refractivity contribution is 0.102. The van der Waals surface area contributed by atoms with E-state index >= 15 is 0 Å². The normalized spacial score (nSPS) is 34.1. The molecule has 2 heteroatoms. The smallest absolute Gasteiger partial charge is 0.0127 e. The summed E-state index contributed by atoms with van der Waals surface area (Å²) >= 11 is 0. The van der Waals surface area contributed by atoms with E-state index in [9.17, 15) is 0 Å². The van der Waals surface area contributed by atoms with Gasteiger partial charge in [-0.2, -0.15) is 0 Å². The minimum absolute atomic E-state index is 0.693. The van der Waals surface area contributed by atoms with Gasteiger partial charge in [-0.1, -0.05) is 27.7 Å². The first-order valence-electron chi connectivity index (χ1n) is 10.8. The van der Waals surface area contributed by atoms with E-state index in [2.05, 4.69) is 65.2 Å². The molecule has 2 nitrogen and oxygen atoms in total. The first-order chi connectivity index (χ1) is 11.2. The molecule has 2 aliphatic heterocycles. The summed E-state index contributed by atoms with van der Waals surface area (Å²) < 4.78 is 0. The molecular formula is C22H44N2. The van der Waals surface area contributed by atoms with E-state index < -0.39 is 0 Å². The highest BCUT2D eigenvalue weighted by Crippen LogP contribution is 2.36. The van der Waals surface area contributed by atoms with Crippen LogP contribution in [0.5, 0.6) is 0 Å². The Bertz CT molecular complexity index is 376. The van der Waals surface area contributed by atoms with Gasteiger partial charge >= 0.3 is 0 Å². The van der Waals surface area contributed by atoms with Crippen LogP contribution in [0.4, 0.5) is 0 Å². The van der Waals surface area contributed by atoms with E-state index in [1.807, 2.05) is 0 Å². The summed E-state index contributed by atoms with van der Waals surface area (Å²) in [5, 5.41) is 0. The lowest BCUT2D eigenvalue weighted by Gasteiger charge is -2.37. The Morgan fingerprint density at radius 1 is 0.875 bits per heavy atom. The fourth-order valence-electron chi connectivity index (χ4n) is 5.63. The van der Waals surface area contributed by atoms with Gasteiger partial charge in [0.15, 0.2) is 0 Å². The van der Waals surface area contributed by atoms with E-state index in [-0.39, 0.29) is 0 Å². The second kappa shape index (κ2) is 8.54. The minimum atomic E-state index is 0.693. The van der Waals surface area contributed by atoms with Crippen LogP contribution < -0.4 is 0 Å². The number of likely N-dealkylation sites (tertiary alicyclic amines) is 2. The van der Waals surface area contributed by atoms with Gasteiger partial charge in [-0.15, -0.1) is 0 Å². The standard InChI is InChI=1S/C22H44N2/c1-15(2)21-12-11-20(24(21)17(5)6)10-9-19(8)22-13-18(7)14-23(22)16(3)4/h15-22H,9-14H2,1-8H3/t18-,19?,20+,21+,22+/m1/s1. The fourth-order valence-corrected chi connectivity index (χ4v) is 5.63. The molecule has 0 aromatic carbocycles. The molecule has 0 aromatic rings. The average Bonchev–Trinajstić information content (AvgIpc) is 3.08. The maximum absolute atomic E-state index is 2.86. The summed E-state index contributed by atoms with van der Waals surface area (Å²) in [6.07, 6.45) is 7.04. The molecule has 0 radical (unpaired) electrons. The largest absolute Gasteiger partial charge is 0.297 e. The monoisotopic (exact) mass is 336 g/mol. The zero-order valence-electron chi connectivity index (χ0n) is 17.8. The summed E-state index contributed by atoms with van der Waals surface area (Å²) in [5.41, 5.74) is 0. The van der Waals surface area contributed by atoms with Crippen LogP contribution in [-0.2, 0) is 0 Å². The topological polar surface area (TPSA) is 6.48 Å². The third kappa shape index (κ3) is 4.55. The van der Waals surface area contributed by atoms with Gasteiger partial charge in [0, 0.05) is 36.8 Å². The average molecular weight is 337 g/mol. The quantitative estimate of drug-likeness (QED) is 0.612. The third-order valence-electron chi connectivity index (χ3n) is 6.83. The van der Waals surface area contributed by atoms with Crippen LogP contribution >= 0.6 is 0 Å². The van der Waals surface area contributed by atoms with Gasteiger partial charge < -0.3 is 0 Å². The van der Waals surface area contributed by atoms with Crippen LogP contribution in [0.2, 0.25) is 0 Å². The molecule has 0 bridgehead atoms. The predicted octanol–water partition coefficient (Wildman–Crippen LogP) is 5.42. The highest BCUT2D eigenvalue weighted by Gasteiger charge is 2.38. The first-order valence-corrected chi connectivity index (χ1v) is 10.8. The highest BCUT2D eigenvalue weighted by atomic mass is 15.2. The summed E-state index contributed by atoms with van der Waals surface area (Å²) in [6.45, 7) is 20.6. The number of rotatable bonds is 7. The molecule has 2 aliphatic rings. The maximum Gasteiger partial charge on any atom is 0.0127 e. The molecule has 2 fully saturated rings. The van der Waals surface area contributed by atoms with Crippen molar-refractivity contribution < 1.29 is 0 Å². The van der Waals surface area contributed by atoms with Gasteiger partial charge in [-0.25, -0.2) is 0 Å². The molecule has 0 spiro atoms. The molecule has 2 heterocycles. The van der Waals surface area contributed by atoms with E-state index in [1.54, 1.807) is 0 Å². The Morgan fingerprint density at radius 2 is 1.54 bits per heavy atom. The van der Waals surface area contributed by atoms with Crippen molar-refractivity contribution in [1.82, 2.24) is 9.80 Å². The number of nitrogens with zero attached hydrogens (tertiary/aromatic N) is 2. The first kappa shape index (κ1) is 20.2. The van der Waals surface area contributed by atoms with E-state index in [1.165, 1.54) is 38.6 Å². The Morgan fingerprint density at radius 3 is 2.08 bits per heavy atom. The second-order valence-electron chi connectivity index (χ2n) is 9.84. The SMILES string of the molecule is CC(CC[C@H]1CC[C@@H](C(C)C)N1C(C)C)[C@@H]1C[C@@H](C)CN1C(C)C. The van der Waals surface area contributed by atoms with Crippen molar-refractivity contribution in [2.75, 3.05) is 6.54 Å². The molecule has 24 heavy (non-hydrogen) atoms. The number of hydrogen-bond acceptors (Lipinski definition) is 2. The third-order valence-corrected chi connectivity index (χ3v) is 6.83. The molecule has 0 N–H and O–H groups in total. The summed E-state index contributed by atoms with van der Waals surface area (Å²) in [5.74, 6) is 2.51. The van der Waals surface area contributed by atoms with E-state index in [4.69, 9.17) is 0 Å². The van der Waals surface area contributed by atoms with E-state index in [0.717, 1.165) is 35.9 Å². The zero-order chi connectivity index (χ0) is 18.0. The van der Waals surface area contributed by atoms with Crippen LogP contribution in [0, 0.1) is 17.8 Å². The molecule has 0 amide bonds. The maximum atomic E-state index is 2.86. The van der Waals surface area contributed by atoms with Crippen molar-refractivity contribution in [3.05, 3.63) is 0 Å². The van der Waals surface area contributed by atoms with Gasteiger partial charge in [-0.3, -0.25) is 9.80 Å². The van der Waals surface area contributed by atoms with Crippen LogP contribution in [0.3, 0.4) is 0 Å². The lowest BCUT2D eigenvalue weighted by atomic mass is 9.90. The van der Waals surface area contributed by atoms with Crippen molar-refractivity contribution in [2.45, 2.75) is 118 Å². The molecule has 0 saturated carbocycles. The summed E-state index contributed by atoms with van der Waals surface area (Å²) in [7, 11) is 0. The molecule has 2 rings (SSSR count). The summed E-state index contributed by atoms with van der Waals surface area (Å²) in [6, 6.07) is 3.84. The fraction of sp³-hybridized carbons (Fsp3) is 1.00. The molecule has 5 atom stereocenters. The van der Waals surface area contributed by atoms with Gasteiger partial charge in [0.05, 0.1) is 0 Å². The van der Waals surface area contributed by atoms with Gasteiger partial charge in [0.1, 0.15) is 0 Å². The minimum Gasteiger partial charge on any atom is -0.297 e. The molecular weight excluding hydrogens is 292 g/mol. The molecule has 1 unspecified atom stereocenters. The lowest BCUT2D eigenvalue weighted by Crippen LogP contribution is -2.44. The Kier molecular flexibility index (Phi) is 7.20. The second-order valence-corrected chi connectivity index (χ2v) is 9.84. The van der Waals surface area contributed by atoms with Gasteiger partial charge in [0.25, 0.3) is 0 Å². The van der Waals surface area contributed by atoms with Crippen molar-refractivity contribution in [1.29, 1.82) is 0 Å². The number of hydrogen-bond donors (Lipinski definition) is 0. The zero-order valence-corrected chi connectivity index (χ0v) is 17.8. The van der Waals surface area contributed by atoms with Crippen LogP contribution in [0.25, 0.3) is 0 Å². The van der Waals surface area contributed by atoms with Crippen molar-refractivity contribution in [3.8, 4) is 0 Å². The van der Waals surface area contributed by atoms with Crippen LogP contribution in [-0.4, -0.2) is 46.6 Å². The van der Waals surface area contributed by atoms with Gasteiger partial charge in [0.2, 0.25) is 0 Å². The van der Waals surface area contributed by atoms with Crippen molar-refractivity contribution >= 4 is 0 Å². The molecule has 0 aliphatic carbocycles. The Hall–Kier alpha value is -0.0800. The molecule has 2 saturated heterocycles. The van der Waals surface area contributed by atoms with Crippen molar-refractivity contribution in [2.24, 2.45) is 17.8 Å². The van der Waals surface area contributed by atoms with Crippen molar-refractivity contribution in [3.63, 3.8) is 0 Å². The Labute approximate surface area is 152 Å². The van der Waals surface area contributed by atoms with E-state index in [0.29, 0.717) is 12.1 Å². The predicted molar refractivity (Wildman–Crippen MR) is 106 cm³/mol. The Balaban J connectivity index is 1.92. The summed E-state index contributed by atoms with van der Waals surface area (Å²) in [4.78, 5) is 5.63. The highest BCUT2D eigenvalue weighted by molar-refractivity contribution is 4.93. The van der Waals surface area contributed by atoms with Crippen LogP contribution in [0.15, 0.2) is 0 Å². The molecule has 0 aromatic heterocycles. The molecule has 142 valence electrons. The van der Waals surface area contributed by atoms with Crippen LogP contribution in [0.1, 0.15) is 87.5 Å². The van der Waals surface area contributed by atoms with Gasteiger partial charge in [-0.05, 0) is 77.6 Å².